The maximum absolute atomic E-state index is 9.44. The average Bonchev–Trinajstić information content (AvgIpc) is 2.53. The third-order valence-corrected chi connectivity index (χ3v) is 2.69. The number of benzene rings is 1. The standard InChI is InChI=1S/C10H14O2.C5H12.C4H10.C3H6O/c1-4-8-5-6-9(11-2)7-10(8)12-3;1-4-5(2)3;1-4(2)3;1-3(2)4/h5-7H,4H2,1-3H3;5H,4H2,1-3H3;4H,1-3H3;1-2H3. The van der Waals surface area contributed by atoms with Gasteiger partial charge in [0.2, 0.25) is 0 Å². The summed E-state index contributed by atoms with van der Waals surface area (Å²) in [4.78, 5) is 9.44. The Balaban J connectivity index is -0.000000310. The molecule has 0 aromatic heterocycles. The number of ketones is 1. The molecular weight excluding hydrogens is 312 g/mol. The number of rotatable bonds is 4. The summed E-state index contributed by atoms with van der Waals surface area (Å²) >= 11 is 0. The first-order chi connectivity index (χ1) is 11.5. The lowest BCUT2D eigenvalue weighted by atomic mass is 10.1. The van der Waals surface area contributed by atoms with Crippen molar-refractivity contribution in [2.24, 2.45) is 11.8 Å². The summed E-state index contributed by atoms with van der Waals surface area (Å²) in [5, 5.41) is 0. The Morgan fingerprint density at radius 1 is 0.960 bits per heavy atom. The van der Waals surface area contributed by atoms with Gasteiger partial charge in [0.1, 0.15) is 17.3 Å². The molecule has 3 heteroatoms. The van der Waals surface area contributed by atoms with Crippen molar-refractivity contribution in [1.29, 1.82) is 0 Å². The van der Waals surface area contributed by atoms with Crippen molar-refractivity contribution in [1.82, 2.24) is 0 Å². The zero-order valence-electron chi connectivity index (χ0n) is 18.5. The zero-order chi connectivity index (χ0) is 20.4. The first-order valence-electron chi connectivity index (χ1n) is 9.23. The quantitative estimate of drug-likeness (QED) is 0.613. The Morgan fingerprint density at radius 2 is 1.36 bits per heavy atom. The fourth-order valence-corrected chi connectivity index (χ4v) is 1.14. The molecule has 0 saturated carbocycles. The molecule has 0 aliphatic carbocycles. The van der Waals surface area contributed by atoms with Crippen LogP contribution in [-0.4, -0.2) is 20.0 Å². The lowest BCUT2D eigenvalue weighted by Gasteiger charge is -2.07. The molecule has 0 spiro atoms. The highest BCUT2D eigenvalue weighted by molar-refractivity contribution is 5.72. The van der Waals surface area contributed by atoms with Crippen LogP contribution in [0.4, 0.5) is 0 Å². The molecule has 3 nitrogen and oxygen atoms in total. The lowest BCUT2D eigenvalue weighted by molar-refractivity contribution is -0.114. The number of hydrogen-bond donors (Lipinski definition) is 0. The molecule has 1 rings (SSSR count). The van der Waals surface area contributed by atoms with Crippen LogP contribution < -0.4 is 9.47 Å². The van der Waals surface area contributed by atoms with Gasteiger partial charge in [-0.05, 0) is 43.7 Å². The predicted octanol–water partition coefficient (Wildman–Crippen LogP) is 6.58. The number of carbonyl (C=O) groups excluding carboxylic acids is 1. The van der Waals surface area contributed by atoms with Gasteiger partial charge in [-0.2, -0.15) is 0 Å². The summed E-state index contributed by atoms with van der Waals surface area (Å²) in [5.74, 6) is 3.62. The molecule has 1 aromatic rings. The molecule has 1 aromatic carbocycles. The van der Waals surface area contributed by atoms with Gasteiger partial charge in [-0.15, -0.1) is 0 Å². The van der Waals surface area contributed by atoms with Crippen molar-refractivity contribution in [2.75, 3.05) is 14.2 Å². The predicted molar refractivity (Wildman–Crippen MR) is 111 cm³/mol. The van der Waals surface area contributed by atoms with E-state index in [1.165, 1.54) is 25.8 Å². The van der Waals surface area contributed by atoms with Gasteiger partial charge in [0.15, 0.2) is 0 Å². The SMILES string of the molecule is CC(C)=O.CC(C)C.CCC(C)C.CCc1ccc(OC)cc1OC. The van der Waals surface area contributed by atoms with E-state index in [-0.39, 0.29) is 5.78 Å². The summed E-state index contributed by atoms with van der Waals surface area (Å²) < 4.78 is 10.3. The molecule has 0 aliphatic heterocycles. The van der Waals surface area contributed by atoms with Crippen LogP contribution in [0.3, 0.4) is 0 Å². The minimum atomic E-state index is 0.167. The summed E-state index contributed by atoms with van der Waals surface area (Å²) in [6.45, 7) is 18.3. The molecule has 0 saturated heterocycles. The second-order valence-electron chi connectivity index (χ2n) is 6.97. The van der Waals surface area contributed by atoms with Crippen LogP contribution in [0.2, 0.25) is 0 Å². The number of aryl methyl sites for hydroxylation is 1. The first kappa shape index (κ1) is 28.3. The molecule has 0 radical (unpaired) electrons. The topological polar surface area (TPSA) is 35.5 Å². The molecule has 0 amide bonds. The Morgan fingerprint density at radius 3 is 1.60 bits per heavy atom. The summed E-state index contributed by atoms with van der Waals surface area (Å²) in [7, 11) is 3.33. The smallest absolute Gasteiger partial charge is 0.126 e. The van der Waals surface area contributed by atoms with E-state index in [0.29, 0.717) is 0 Å². The lowest BCUT2D eigenvalue weighted by Crippen LogP contribution is -1.91. The minimum Gasteiger partial charge on any atom is -0.497 e. The Kier molecular flexibility index (Phi) is 21.3. The fourth-order valence-electron chi connectivity index (χ4n) is 1.14. The van der Waals surface area contributed by atoms with Crippen molar-refractivity contribution in [2.45, 2.75) is 75.2 Å². The Bertz CT molecular complexity index is 417. The van der Waals surface area contributed by atoms with E-state index in [0.717, 1.165) is 29.8 Å². The minimum absolute atomic E-state index is 0.167. The number of ether oxygens (including phenoxy) is 2. The van der Waals surface area contributed by atoms with Crippen LogP contribution in [0, 0.1) is 11.8 Å². The zero-order valence-corrected chi connectivity index (χ0v) is 18.5. The first-order valence-corrected chi connectivity index (χ1v) is 9.23. The van der Waals surface area contributed by atoms with Gasteiger partial charge in [0.25, 0.3) is 0 Å². The van der Waals surface area contributed by atoms with Gasteiger partial charge in [0.05, 0.1) is 14.2 Å². The molecule has 0 unspecified atom stereocenters. The van der Waals surface area contributed by atoms with Gasteiger partial charge in [-0.3, -0.25) is 0 Å². The van der Waals surface area contributed by atoms with E-state index < -0.39 is 0 Å². The van der Waals surface area contributed by atoms with Crippen LogP contribution in [0.15, 0.2) is 18.2 Å². The molecule has 0 atom stereocenters. The van der Waals surface area contributed by atoms with Gasteiger partial charge in [-0.1, -0.05) is 61.0 Å². The summed E-state index contributed by atoms with van der Waals surface area (Å²) in [6.07, 6.45) is 2.28. The van der Waals surface area contributed by atoms with Crippen molar-refractivity contribution < 1.29 is 14.3 Å². The van der Waals surface area contributed by atoms with Gasteiger partial charge < -0.3 is 14.3 Å². The van der Waals surface area contributed by atoms with Crippen molar-refractivity contribution in [3.05, 3.63) is 23.8 Å². The number of Topliss-reactive ketones (excluding diaryl/α,β-unsaturated/α-hetero) is 1. The van der Waals surface area contributed by atoms with E-state index in [9.17, 15) is 4.79 Å². The Labute approximate surface area is 157 Å². The second-order valence-corrected chi connectivity index (χ2v) is 6.97. The van der Waals surface area contributed by atoms with Crippen molar-refractivity contribution in [3.8, 4) is 11.5 Å². The normalized spacial score (nSPS) is 9.00. The summed E-state index contributed by atoms with van der Waals surface area (Å²) in [5.41, 5.74) is 1.21. The van der Waals surface area contributed by atoms with E-state index in [4.69, 9.17) is 9.47 Å². The third-order valence-electron chi connectivity index (χ3n) is 2.69. The maximum Gasteiger partial charge on any atom is 0.126 e. The van der Waals surface area contributed by atoms with E-state index in [1.807, 2.05) is 18.2 Å². The second kappa shape index (κ2) is 18.8. The van der Waals surface area contributed by atoms with Gasteiger partial charge >= 0.3 is 0 Å². The number of carbonyl (C=O) groups is 1. The van der Waals surface area contributed by atoms with E-state index in [1.54, 1.807) is 14.2 Å². The van der Waals surface area contributed by atoms with Crippen LogP contribution in [0.5, 0.6) is 11.5 Å². The van der Waals surface area contributed by atoms with Gasteiger partial charge in [-0.25, -0.2) is 0 Å². The molecule has 0 fully saturated rings. The summed E-state index contributed by atoms with van der Waals surface area (Å²) in [6, 6.07) is 5.87. The number of methoxy groups -OCH3 is 2. The fraction of sp³-hybridized carbons (Fsp3) is 0.682. The average molecular weight is 355 g/mol. The van der Waals surface area contributed by atoms with Crippen LogP contribution in [0.1, 0.15) is 74.3 Å². The monoisotopic (exact) mass is 354 g/mol. The molecule has 0 bridgehead atoms. The molecule has 25 heavy (non-hydrogen) atoms. The molecule has 0 heterocycles. The molecular formula is C22H42O3. The van der Waals surface area contributed by atoms with Crippen LogP contribution >= 0.6 is 0 Å². The highest BCUT2D eigenvalue weighted by atomic mass is 16.5. The van der Waals surface area contributed by atoms with Crippen molar-refractivity contribution >= 4 is 5.78 Å². The molecule has 0 aliphatic rings. The Hall–Kier alpha value is -1.51. The van der Waals surface area contributed by atoms with Crippen LogP contribution in [0.25, 0.3) is 0 Å². The maximum atomic E-state index is 9.44. The molecule has 0 N–H and O–H groups in total. The highest BCUT2D eigenvalue weighted by Crippen LogP contribution is 2.24. The largest absolute Gasteiger partial charge is 0.497 e. The van der Waals surface area contributed by atoms with Crippen LogP contribution in [-0.2, 0) is 11.2 Å². The highest BCUT2D eigenvalue weighted by Gasteiger charge is 2.01. The number of hydrogen-bond acceptors (Lipinski definition) is 3. The van der Waals surface area contributed by atoms with E-state index in [2.05, 4.69) is 48.5 Å². The van der Waals surface area contributed by atoms with Gasteiger partial charge in [0, 0.05) is 6.07 Å². The third kappa shape index (κ3) is 24.9. The molecule has 148 valence electrons. The van der Waals surface area contributed by atoms with E-state index >= 15 is 0 Å². The van der Waals surface area contributed by atoms with Crippen molar-refractivity contribution in [3.63, 3.8) is 0 Å².